The van der Waals surface area contributed by atoms with Crippen molar-refractivity contribution in [3.8, 4) is 11.4 Å². The van der Waals surface area contributed by atoms with Crippen LogP contribution in [0.5, 0.6) is 0 Å². The summed E-state index contributed by atoms with van der Waals surface area (Å²) in [5, 5.41) is 0. The van der Waals surface area contributed by atoms with Gasteiger partial charge in [0.25, 0.3) is 0 Å². The fourth-order valence-corrected chi connectivity index (χ4v) is 4.50. The molecule has 1 fully saturated rings. The minimum Gasteiger partial charge on any atom is -0.340 e. The Morgan fingerprint density at radius 3 is 2.69 bits per heavy atom. The van der Waals surface area contributed by atoms with E-state index in [9.17, 15) is 4.79 Å². The van der Waals surface area contributed by atoms with Crippen LogP contribution in [0.25, 0.3) is 11.4 Å². The molecule has 1 atom stereocenters. The summed E-state index contributed by atoms with van der Waals surface area (Å²) >= 11 is 0. The molecule has 0 bridgehead atoms. The first-order valence-electron chi connectivity index (χ1n) is 9.19. The van der Waals surface area contributed by atoms with Crippen LogP contribution in [-0.4, -0.2) is 41.3 Å². The third-order valence-corrected chi connectivity index (χ3v) is 5.79. The van der Waals surface area contributed by atoms with Gasteiger partial charge in [0.05, 0.1) is 6.54 Å². The van der Waals surface area contributed by atoms with E-state index in [1.165, 1.54) is 16.6 Å². The van der Waals surface area contributed by atoms with Crippen LogP contribution in [0.15, 0.2) is 60.9 Å². The first-order valence-corrected chi connectivity index (χ1v) is 9.19. The van der Waals surface area contributed by atoms with Crippen molar-refractivity contribution in [1.29, 1.82) is 0 Å². The van der Waals surface area contributed by atoms with Crippen molar-refractivity contribution in [3.05, 3.63) is 72.1 Å². The maximum Gasteiger partial charge on any atom is 0.222 e. The quantitative estimate of drug-likeness (QED) is 0.678. The number of rotatable bonds is 3. The Bertz CT molecular complexity index is 995. The second kappa shape index (κ2) is 5.59. The number of likely N-dealkylation sites (tertiary alicyclic amines) is 1. The molecule has 0 aliphatic carbocycles. The smallest absolute Gasteiger partial charge is 0.222 e. The molecule has 0 saturated carbocycles. The van der Waals surface area contributed by atoms with Crippen molar-refractivity contribution in [2.24, 2.45) is 0 Å². The van der Waals surface area contributed by atoms with E-state index >= 15 is 0 Å². The van der Waals surface area contributed by atoms with Gasteiger partial charge in [0.15, 0.2) is 0 Å². The van der Waals surface area contributed by atoms with Crippen LogP contribution in [0.1, 0.15) is 24.0 Å². The first kappa shape index (κ1) is 15.4. The van der Waals surface area contributed by atoms with Gasteiger partial charge >= 0.3 is 0 Å². The highest BCUT2D eigenvalue weighted by Crippen LogP contribution is 2.47. The number of aromatic nitrogens is 2. The molecular weight excluding hydrogens is 321 g/mol. The zero-order valence-electron chi connectivity index (χ0n) is 14.9. The van der Waals surface area contributed by atoms with Gasteiger partial charge in [-0.25, -0.2) is 4.98 Å². The summed E-state index contributed by atoms with van der Waals surface area (Å²) in [6.07, 6.45) is 5.51. The predicted octanol–water partition coefficient (Wildman–Crippen LogP) is 1.54. The van der Waals surface area contributed by atoms with Crippen LogP contribution in [0.2, 0.25) is 0 Å². The number of hydrogen-bond acceptors (Lipinski definition) is 2. The molecule has 2 aliphatic heterocycles. The van der Waals surface area contributed by atoms with Crippen molar-refractivity contribution < 1.29 is 4.79 Å². The lowest BCUT2D eigenvalue weighted by atomic mass is 9.80. The maximum absolute atomic E-state index is 12.5. The van der Waals surface area contributed by atoms with E-state index in [4.69, 9.17) is 0 Å². The monoisotopic (exact) mass is 341 g/mol. The van der Waals surface area contributed by atoms with Gasteiger partial charge in [-0.1, -0.05) is 54.0 Å². The highest BCUT2D eigenvalue weighted by molar-refractivity contribution is 6.32. The molecule has 3 aromatic rings. The fourth-order valence-electron chi connectivity index (χ4n) is 4.50. The molecule has 0 spiro atoms. The van der Waals surface area contributed by atoms with Crippen molar-refractivity contribution in [2.45, 2.75) is 18.4 Å². The minimum absolute atomic E-state index is 0.252. The average molecular weight is 341 g/mol. The minimum atomic E-state index is -0.421. The lowest BCUT2D eigenvalue weighted by molar-refractivity contribution is -0.128. The topological polar surface area (TPSA) is 38.1 Å². The van der Waals surface area contributed by atoms with Gasteiger partial charge in [0.2, 0.25) is 5.91 Å². The molecule has 1 unspecified atom stereocenters. The standard InChI is InChI=1S/C21H20BN3O/c22-16-9-7-15(8-10-16)21(14-24-12-3-6-19(24)26)18-5-2-1-4-17(18)20-23-11-13-25(20)21/h1-2,4-5,7-11,13H,3,6,12,14,22H2. The Morgan fingerprint density at radius 1 is 1.12 bits per heavy atom. The molecule has 2 aliphatic rings. The number of nitrogens with zero attached hydrogens (tertiary/aromatic N) is 3. The number of carbonyl (C=O) groups excluding carboxylic acids is 1. The third-order valence-electron chi connectivity index (χ3n) is 5.79. The first-order chi connectivity index (χ1) is 12.7. The van der Waals surface area contributed by atoms with Crippen LogP contribution in [-0.2, 0) is 10.3 Å². The molecule has 26 heavy (non-hydrogen) atoms. The normalized spacial score (nSPS) is 21.1. The largest absolute Gasteiger partial charge is 0.340 e. The van der Waals surface area contributed by atoms with E-state index in [1.54, 1.807) is 0 Å². The van der Waals surface area contributed by atoms with Gasteiger partial charge in [-0.05, 0) is 17.5 Å². The van der Waals surface area contributed by atoms with Gasteiger partial charge in [-0.3, -0.25) is 4.79 Å². The summed E-state index contributed by atoms with van der Waals surface area (Å²) in [7, 11) is 2.10. The van der Waals surface area contributed by atoms with Crippen LogP contribution < -0.4 is 5.46 Å². The summed E-state index contributed by atoms with van der Waals surface area (Å²) in [4.78, 5) is 19.1. The zero-order valence-corrected chi connectivity index (χ0v) is 14.9. The molecule has 1 aromatic heterocycles. The van der Waals surface area contributed by atoms with Gasteiger partial charge in [-0.15, -0.1) is 0 Å². The lowest BCUT2D eigenvalue weighted by Gasteiger charge is -2.37. The number of imidazole rings is 1. The number of carbonyl (C=O) groups is 1. The van der Waals surface area contributed by atoms with E-state index < -0.39 is 5.54 Å². The predicted molar refractivity (Wildman–Crippen MR) is 104 cm³/mol. The van der Waals surface area contributed by atoms with E-state index in [1.807, 2.05) is 11.1 Å². The second-order valence-electron chi connectivity index (χ2n) is 7.31. The SMILES string of the molecule is Bc1ccc(C2(CN3CCCC3=O)c3ccccc3-c3nccn32)cc1. The summed E-state index contributed by atoms with van der Waals surface area (Å²) in [6.45, 7) is 1.48. The van der Waals surface area contributed by atoms with Gasteiger partial charge < -0.3 is 9.47 Å². The van der Waals surface area contributed by atoms with Crippen LogP contribution in [0.4, 0.5) is 0 Å². The Kier molecular flexibility index (Phi) is 3.32. The molecule has 4 nitrogen and oxygen atoms in total. The molecule has 0 radical (unpaired) electrons. The van der Waals surface area contributed by atoms with E-state index in [-0.39, 0.29) is 5.91 Å². The summed E-state index contributed by atoms with van der Waals surface area (Å²) < 4.78 is 2.26. The summed E-state index contributed by atoms with van der Waals surface area (Å²) in [5.41, 5.74) is 4.40. The maximum atomic E-state index is 12.5. The van der Waals surface area contributed by atoms with Crippen molar-refractivity contribution in [3.63, 3.8) is 0 Å². The second-order valence-corrected chi connectivity index (χ2v) is 7.31. The highest BCUT2D eigenvalue weighted by atomic mass is 16.2. The summed E-state index contributed by atoms with van der Waals surface area (Å²) in [6, 6.07) is 17.2. The third kappa shape index (κ3) is 2.03. The van der Waals surface area contributed by atoms with Gasteiger partial charge in [0, 0.05) is 30.9 Å². The molecule has 5 heteroatoms. The number of amides is 1. The Morgan fingerprint density at radius 2 is 1.92 bits per heavy atom. The van der Waals surface area contributed by atoms with Gasteiger partial charge in [-0.2, -0.15) is 0 Å². The summed E-state index contributed by atoms with van der Waals surface area (Å²) in [5.74, 6) is 1.23. The van der Waals surface area contributed by atoms with Crippen molar-refractivity contribution in [2.75, 3.05) is 13.1 Å². The molecule has 1 amide bonds. The zero-order chi connectivity index (χ0) is 17.7. The lowest BCUT2D eigenvalue weighted by Crippen LogP contribution is -2.45. The van der Waals surface area contributed by atoms with Crippen LogP contribution in [0, 0.1) is 0 Å². The molecule has 3 heterocycles. The van der Waals surface area contributed by atoms with Crippen LogP contribution in [0.3, 0.4) is 0 Å². The number of fused-ring (bicyclic) bond motifs is 3. The van der Waals surface area contributed by atoms with Crippen molar-refractivity contribution >= 4 is 19.2 Å². The molecule has 128 valence electrons. The van der Waals surface area contributed by atoms with E-state index in [0.29, 0.717) is 13.0 Å². The molecule has 0 N–H and O–H groups in total. The Labute approximate surface area is 153 Å². The fraction of sp³-hybridized carbons (Fsp3) is 0.238. The molecule has 2 aromatic carbocycles. The number of hydrogen-bond donors (Lipinski definition) is 0. The molecule has 1 saturated heterocycles. The highest BCUT2D eigenvalue weighted by Gasteiger charge is 2.47. The molecule has 5 rings (SSSR count). The van der Waals surface area contributed by atoms with E-state index in [0.717, 1.165) is 24.4 Å². The van der Waals surface area contributed by atoms with Crippen molar-refractivity contribution in [1.82, 2.24) is 14.5 Å². The Balaban J connectivity index is 1.77. The van der Waals surface area contributed by atoms with Gasteiger partial charge in [0.1, 0.15) is 19.2 Å². The molecular formula is C21H20BN3O. The van der Waals surface area contributed by atoms with E-state index in [2.05, 4.69) is 72.1 Å². The van der Waals surface area contributed by atoms with Crippen LogP contribution >= 0.6 is 0 Å². The average Bonchev–Trinajstić information content (AvgIpc) is 3.35. The number of benzene rings is 2. The Hall–Kier alpha value is -2.82.